The van der Waals surface area contributed by atoms with Gasteiger partial charge in [0, 0.05) is 6.20 Å². The molecule has 0 bridgehead atoms. The lowest BCUT2D eigenvalue weighted by atomic mass is 9.86. The van der Waals surface area contributed by atoms with Gasteiger partial charge in [0.05, 0.1) is 11.1 Å². The van der Waals surface area contributed by atoms with Crippen molar-refractivity contribution in [1.82, 2.24) is 20.1 Å². The molecule has 0 aliphatic carbocycles. The summed E-state index contributed by atoms with van der Waals surface area (Å²) in [6.45, 7) is 4.11. The molecule has 0 atom stereocenters. The number of hydrogen-bond acceptors (Lipinski definition) is 4. The van der Waals surface area contributed by atoms with Gasteiger partial charge in [-0.2, -0.15) is 5.10 Å². The van der Waals surface area contributed by atoms with Gasteiger partial charge in [-0.15, -0.1) is 0 Å². The van der Waals surface area contributed by atoms with Gasteiger partial charge in [-0.1, -0.05) is 6.92 Å². The number of anilines is 1. The molecular weight excluding hydrogens is 242 g/mol. The van der Waals surface area contributed by atoms with E-state index in [0.29, 0.717) is 11.2 Å². The maximum Gasteiger partial charge on any atom is 0.261 e. The van der Waals surface area contributed by atoms with Crippen molar-refractivity contribution >= 4 is 16.7 Å². The monoisotopic (exact) mass is 261 g/mol. The predicted molar refractivity (Wildman–Crippen MR) is 75.1 cm³/mol. The van der Waals surface area contributed by atoms with Gasteiger partial charge in [0.2, 0.25) is 0 Å². The molecule has 0 aromatic carbocycles. The summed E-state index contributed by atoms with van der Waals surface area (Å²) in [7, 11) is 0. The number of hydrogen-bond donors (Lipinski definition) is 3. The van der Waals surface area contributed by atoms with Crippen molar-refractivity contribution in [2.24, 2.45) is 0 Å². The second-order valence-corrected chi connectivity index (χ2v) is 5.19. The molecule has 1 aliphatic heterocycles. The molecule has 0 unspecified atom stereocenters. The lowest BCUT2D eigenvalue weighted by Gasteiger charge is -2.37. The molecule has 3 heterocycles. The van der Waals surface area contributed by atoms with Crippen LogP contribution in [0.3, 0.4) is 0 Å². The Morgan fingerprint density at radius 2 is 2.21 bits per heavy atom. The highest BCUT2D eigenvalue weighted by atomic mass is 16.1. The number of nitrogen functional groups attached to an aromatic ring is 1. The lowest BCUT2D eigenvalue weighted by Crippen LogP contribution is -2.44. The Morgan fingerprint density at radius 3 is 2.89 bits per heavy atom. The SMILES string of the molecule is CCC1(n2nc(N)c3c(=O)[nH]ccc32)CCNCC1. The molecule has 2 aromatic rings. The second-order valence-electron chi connectivity index (χ2n) is 5.19. The molecular formula is C13H19N5O. The average molecular weight is 261 g/mol. The summed E-state index contributed by atoms with van der Waals surface area (Å²) in [6, 6.07) is 1.89. The fraction of sp³-hybridized carbons (Fsp3) is 0.538. The van der Waals surface area contributed by atoms with Crippen LogP contribution in [0.4, 0.5) is 5.82 Å². The minimum Gasteiger partial charge on any atom is -0.382 e. The first-order valence-corrected chi connectivity index (χ1v) is 6.75. The summed E-state index contributed by atoms with van der Waals surface area (Å²) in [5.74, 6) is 0.322. The Bertz CT molecular complexity index is 651. The number of aromatic nitrogens is 3. The molecule has 102 valence electrons. The Kier molecular flexibility index (Phi) is 2.82. The van der Waals surface area contributed by atoms with Gasteiger partial charge in [0.15, 0.2) is 5.82 Å². The summed E-state index contributed by atoms with van der Waals surface area (Å²) in [5, 5.41) is 8.34. The zero-order valence-electron chi connectivity index (χ0n) is 11.1. The third kappa shape index (κ3) is 1.74. The number of nitrogens with zero attached hydrogens (tertiary/aromatic N) is 2. The smallest absolute Gasteiger partial charge is 0.261 e. The van der Waals surface area contributed by atoms with Gasteiger partial charge < -0.3 is 16.0 Å². The molecule has 19 heavy (non-hydrogen) atoms. The van der Waals surface area contributed by atoms with Crippen LogP contribution in [0.1, 0.15) is 26.2 Å². The highest BCUT2D eigenvalue weighted by Crippen LogP contribution is 2.34. The second kappa shape index (κ2) is 4.38. The highest BCUT2D eigenvalue weighted by molar-refractivity contribution is 5.88. The zero-order valence-corrected chi connectivity index (χ0v) is 11.1. The van der Waals surface area contributed by atoms with E-state index in [2.05, 4.69) is 22.3 Å². The van der Waals surface area contributed by atoms with E-state index in [-0.39, 0.29) is 11.1 Å². The van der Waals surface area contributed by atoms with Crippen LogP contribution in [-0.2, 0) is 5.54 Å². The molecule has 1 fully saturated rings. The molecule has 1 aliphatic rings. The molecule has 6 heteroatoms. The van der Waals surface area contributed by atoms with Crippen LogP contribution in [0.2, 0.25) is 0 Å². The molecule has 0 spiro atoms. The summed E-state index contributed by atoms with van der Waals surface area (Å²) < 4.78 is 1.98. The summed E-state index contributed by atoms with van der Waals surface area (Å²) in [6.07, 6.45) is 4.66. The van der Waals surface area contributed by atoms with Gasteiger partial charge in [-0.25, -0.2) is 0 Å². The van der Waals surface area contributed by atoms with Gasteiger partial charge in [0.25, 0.3) is 5.56 Å². The van der Waals surface area contributed by atoms with E-state index in [1.807, 2.05) is 10.7 Å². The molecule has 0 amide bonds. The first-order valence-electron chi connectivity index (χ1n) is 6.75. The summed E-state index contributed by atoms with van der Waals surface area (Å²) in [5.41, 5.74) is 6.57. The van der Waals surface area contributed by atoms with Crippen molar-refractivity contribution in [2.45, 2.75) is 31.7 Å². The fourth-order valence-electron chi connectivity index (χ4n) is 3.07. The largest absolute Gasteiger partial charge is 0.382 e. The van der Waals surface area contributed by atoms with Crippen LogP contribution in [-0.4, -0.2) is 27.9 Å². The van der Waals surface area contributed by atoms with E-state index in [0.717, 1.165) is 37.9 Å². The number of pyridine rings is 1. The number of nitrogens with two attached hydrogens (primary N) is 1. The van der Waals surface area contributed by atoms with E-state index in [1.54, 1.807) is 6.20 Å². The molecule has 0 saturated carbocycles. The Morgan fingerprint density at radius 1 is 1.47 bits per heavy atom. The van der Waals surface area contributed by atoms with Crippen LogP contribution in [0.5, 0.6) is 0 Å². The number of piperidine rings is 1. The standard InChI is InChI=1S/C13H19N5O/c1-2-13(4-7-15-8-5-13)18-9-3-6-16-12(19)10(9)11(14)17-18/h3,6,15H,2,4-5,7-8H2,1H3,(H2,14,17)(H,16,19). The average Bonchev–Trinajstić information content (AvgIpc) is 2.79. The molecule has 1 saturated heterocycles. The third-order valence-electron chi connectivity index (χ3n) is 4.27. The summed E-state index contributed by atoms with van der Waals surface area (Å²) in [4.78, 5) is 14.5. The van der Waals surface area contributed by atoms with Gasteiger partial charge in [0.1, 0.15) is 5.39 Å². The van der Waals surface area contributed by atoms with Crippen LogP contribution >= 0.6 is 0 Å². The third-order valence-corrected chi connectivity index (χ3v) is 4.27. The number of fused-ring (bicyclic) bond motifs is 1. The predicted octanol–water partition coefficient (Wildman–Crippen LogP) is 0.795. The van der Waals surface area contributed by atoms with E-state index in [4.69, 9.17) is 5.73 Å². The molecule has 4 N–H and O–H groups in total. The van der Waals surface area contributed by atoms with E-state index in [9.17, 15) is 4.79 Å². The van der Waals surface area contributed by atoms with Crippen molar-refractivity contribution in [3.8, 4) is 0 Å². The number of aromatic amines is 1. The van der Waals surface area contributed by atoms with Crippen LogP contribution in [0.25, 0.3) is 10.9 Å². The van der Waals surface area contributed by atoms with Crippen molar-refractivity contribution in [3.63, 3.8) is 0 Å². The number of rotatable bonds is 2. The minimum atomic E-state index is -0.165. The van der Waals surface area contributed by atoms with Crippen LogP contribution in [0, 0.1) is 0 Å². The highest BCUT2D eigenvalue weighted by Gasteiger charge is 2.34. The number of H-pyrrole nitrogens is 1. The van der Waals surface area contributed by atoms with Crippen LogP contribution < -0.4 is 16.6 Å². The first kappa shape index (κ1) is 12.2. The maximum absolute atomic E-state index is 11.9. The van der Waals surface area contributed by atoms with E-state index in [1.165, 1.54) is 0 Å². The first-order chi connectivity index (χ1) is 9.18. The molecule has 0 radical (unpaired) electrons. The molecule has 2 aromatic heterocycles. The van der Waals surface area contributed by atoms with Gasteiger partial charge in [-0.3, -0.25) is 9.48 Å². The quantitative estimate of drug-likeness (QED) is 0.746. The minimum absolute atomic E-state index is 0.0328. The normalized spacial score (nSPS) is 18.8. The fourth-order valence-corrected chi connectivity index (χ4v) is 3.07. The van der Waals surface area contributed by atoms with Crippen molar-refractivity contribution < 1.29 is 0 Å². The number of nitrogens with one attached hydrogen (secondary N) is 2. The zero-order chi connectivity index (χ0) is 13.5. The molecule has 6 nitrogen and oxygen atoms in total. The lowest BCUT2D eigenvalue weighted by molar-refractivity contribution is 0.184. The topological polar surface area (TPSA) is 88.7 Å². The Balaban J connectivity index is 2.25. The van der Waals surface area contributed by atoms with Crippen LogP contribution in [0.15, 0.2) is 17.1 Å². The Hall–Kier alpha value is -1.82. The summed E-state index contributed by atoms with van der Waals surface area (Å²) >= 11 is 0. The molecule has 3 rings (SSSR count). The van der Waals surface area contributed by atoms with Gasteiger partial charge >= 0.3 is 0 Å². The van der Waals surface area contributed by atoms with E-state index >= 15 is 0 Å². The maximum atomic E-state index is 11.9. The Labute approximate surface area is 111 Å². The van der Waals surface area contributed by atoms with E-state index < -0.39 is 0 Å². The van der Waals surface area contributed by atoms with Gasteiger partial charge in [-0.05, 0) is 38.4 Å². The van der Waals surface area contributed by atoms with Crippen molar-refractivity contribution in [2.75, 3.05) is 18.8 Å². The van der Waals surface area contributed by atoms with Crippen molar-refractivity contribution in [1.29, 1.82) is 0 Å². The van der Waals surface area contributed by atoms with Crippen molar-refractivity contribution in [3.05, 3.63) is 22.6 Å².